The topological polar surface area (TPSA) is 88.4 Å². The molecule has 1 aromatic heterocycles. The number of rotatable bonds is 8. The Morgan fingerprint density at radius 1 is 0.868 bits per heavy atom. The molecule has 0 aliphatic carbocycles. The summed E-state index contributed by atoms with van der Waals surface area (Å²) in [6.07, 6.45) is 0. The van der Waals surface area contributed by atoms with Crippen molar-refractivity contribution in [1.29, 1.82) is 0 Å². The molecule has 0 atom stereocenters. The van der Waals surface area contributed by atoms with E-state index in [1.54, 1.807) is 71.3 Å². The van der Waals surface area contributed by atoms with Crippen LogP contribution in [0.3, 0.4) is 0 Å². The third-order valence-corrected chi connectivity index (χ3v) is 7.05. The molecule has 3 aromatic carbocycles. The van der Waals surface area contributed by atoms with Gasteiger partial charge in [-0.15, -0.1) is 10.2 Å². The quantitative estimate of drug-likeness (QED) is 0.226. The fourth-order valence-corrected chi connectivity index (χ4v) is 4.78. The molecule has 2 heterocycles. The highest BCUT2D eigenvalue weighted by molar-refractivity contribution is 6.35. The number of imide groups is 1. The van der Waals surface area contributed by atoms with Gasteiger partial charge in [0.05, 0.1) is 34.9 Å². The molecule has 0 spiro atoms. The summed E-state index contributed by atoms with van der Waals surface area (Å²) in [7, 11) is 1.93. The highest BCUT2D eigenvalue weighted by Gasteiger charge is 2.36. The van der Waals surface area contributed by atoms with Crippen LogP contribution in [-0.4, -0.2) is 55.8 Å². The van der Waals surface area contributed by atoms with Crippen LogP contribution < -0.4 is 0 Å². The molecule has 0 saturated carbocycles. The summed E-state index contributed by atoms with van der Waals surface area (Å²) in [6.45, 7) is 3.03. The number of hydrogen-bond acceptors (Lipinski definition) is 6. The molecule has 10 heteroatoms. The van der Waals surface area contributed by atoms with Gasteiger partial charge in [0.1, 0.15) is 0 Å². The lowest BCUT2D eigenvalue weighted by Crippen LogP contribution is -2.31. The Morgan fingerprint density at radius 3 is 2.16 bits per heavy atom. The molecule has 2 amide bonds. The van der Waals surface area contributed by atoms with Crippen LogP contribution in [0, 0.1) is 0 Å². The zero-order valence-corrected chi connectivity index (χ0v) is 22.2. The zero-order valence-electron chi connectivity index (χ0n) is 20.7. The average molecular weight is 548 g/mol. The van der Waals surface area contributed by atoms with Crippen molar-refractivity contribution in [3.8, 4) is 5.69 Å². The van der Waals surface area contributed by atoms with Crippen LogP contribution in [0.25, 0.3) is 5.69 Å². The molecular formula is C28H23Cl2N5O3. The van der Waals surface area contributed by atoms with Gasteiger partial charge in [0.25, 0.3) is 11.8 Å². The fraction of sp³-hybridized carbons (Fsp3) is 0.179. The van der Waals surface area contributed by atoms with E-state index in [-0.39, 0.29) is 17.9 Å². The number of carbonyl (C=O) groups excluding carboxylic acids is 3. The molecule has 1 aliphatic heterocycles. The van der Waals surface area contributed by atoms with Crippen LogP contribution in [0.1, 0.15) is 55.2 Å². The number of hydrogen-bond donors (Lipinski definition) is 0. The SMILES string of the molecule is CCN(C)Cc1nnc(CN2C(=O)c3ccccc3C2=O)n1-c1ccc(Cl)cc1C(=O)c1ccccc1Cl. The minimum Gasteiger partial charge on any atom is -0.299 e. The number of fused-ring (bicyclic) bond motifs is 1. The third kappa shape index (κ3) is 4.62. The van der Waals surface area contributed by atoms with Crippen LogP contribution in [-0.2, 0) is 13.1 Å². The molecule has 0 saturated heterocycles. The maximum absolute atomic E-state index is 13.7. The first-order valence-electron chi connectivity index (χ1n) is 12.0. The van der Waals surface area contributed by atoms with E-state index in [4.69, 9.17) is 23.2 Å². The van der Waals surface area contributed by atoms with E-state index in [9.17, 15) is 14.4 Å². The lowest BCUT2D eigenvalue weighted by atomic mass is 10.0. The number of nitrogens with zero attached hydrogens (tertiary/aromatic N) is 5. The van der Waals surface area contributed by atoms with Crippen LogP contribution in [0.15, 0.2) is 66.7 Å². The fourth-order valence-electron chi connectivity index (χ4n) is 4.39. The first kappa shape index (κ1) is 25.8. The number of carbonyl (C=O) groups is 3. The predicted octanol–water partition coefficient (Wildman–Crippen LogP) is 5.05. The van der Waals surface area contributed by atoms with Crippen molar-refractivity contribution in [1.82, 2.24) is 24.6 Å². The molecule has 38 heavy (non-hydrogen) atoms. The molecule has 4 aromatic rings. The van der Waals surface area contributed by atoms with Gasteiger partial charge in [-0.2, -0.15) is 0 Å². The Labute approximate surface area is 229 Å². The first-order valence-corrected chi connectivity index (χ1v) is 12.7. The standard InChI is InChI=1S/C28H23Cl2N5O3/c1-3-33(2)15-24-31-32-25(16-34-27(37)18-8-4-5-9-19(18)28(34)38)35(24)23-13-12-17(29)14-21(23)26(36)20-10-6-7-11-22(20)30/h4-14H,3,15-16H2,1-2H3. The van der Waals surface area contributed by atoms with Crippen molar-refractivity contribution in [2.24, 2.45) is 0 Å². The molecule has 5 rings (SSSR count). The monoisotopic (exact) mass is 547 g/mol. The summed E-state index contributed by atoms with van der Waals surface area (Å²) in [4.78, 5) is 43.0. The molecule has 0 bridgehead atoms. The summed E-state index contributed by atoms with van der Waals surface area (Å²) >= 11 is 12.7. The molecule has 0 fully saturated rings. The summed E-state index contributed by atoms with van der Waals surface area (Å²) in [5.41, 5.74) is 1.76. The maximum Gasteiger partial charge on any atom is 0.261 e. The summed E-state index contributed by atoms with van der Waals surface area (Å²) in [6, 6.07) is 18.4. The van der Waals surface area contributed by atoms with Crippen molar-refractivity contribution in [3.63, 3.8) is 0 Å². The van der Waals surface area contributed by atoms with Crippen LogP contribution in [0.5, 0.6) is 0 Å². The van der Waals surface area contributed by atoms with E-state index >= 15 is 0 Å². The van der Waals surface area contributed by atoms with E-state index in [0.29, 0.717) is 50.6 Å². The van der Waals surface area contributed by atoms with Gasteiger partial charge in [-0.25, -0.2) is 0 Å². The van der Waals surface area contributed by atoms with Gasteiger partial charge in [-0.05, 0) is 56.1 Å². The largest absolute Gasteiger partial charge is 0.299 e. The summed E-state index contributed by atoms with van der Waals surface area (Å²) in [5, 5.41) is 9.42. The average Bonchev–Trinajstić information content (AvgIpc) is 3.42. The molecular weight excluding hydrogens is 525 g/mol. The molecule has 1 aliphatic rings. The van der Waals surface area contributed by atoms with Crippen molar-refractivity contribution in [3.05, 3.63) is 111 Å². The highest BCUT2D eigenvalue weighted by atomic mass is 35.5. The van der Waals surface area contributed by atoms with Gasteiger partial charge < -0.3 is 0 Å². The Hall–Kier alpha value is -3.85. The summed E-state index contributed by atoms with van der Waals surface area (Å²) < 4.78 is 1.72. The van der Waals surface area contributed by atoms with Gasteiger partial charge in [0, 0.05) is 16.1 Å². The third-order valence-electron chi connectivity index (χ3n) is 6.49. The summed E-state index contributed by atoms with van der Waals surface area (Å²) in [5.74, 6) is -0.277. The Kier molecular flexibility index (Phi) is 7.12. The maximum atomic E-state index is 13.7. The second-order valence-corrected chi connectivity index (χ2v) is 9.75. The Morgan fingerprint density at radius 2 is 1.50 bits per heavy atom. The second-order valence-electron chi connectivity index (χ2n) is 8.91. The lowest BCUT2D eigenvalue weighted by Gasteiger charge is -2.20. The second kappa shape index (κ2) is 10.5. The van der Waals surface area contributed by atoms with Gasteiger partial charge in [0.15, 0.2) is 17.4 Å². The molecule has 192 valence electrons. The molecule has 8 nitrogen and oxygen atoms in total. The van der Waals surface area contributed by atoms with Gasteiger partial charge in [-0.3, -0.25) is 28.8 Å². The van der Waals surface area contributed by atoms with Gasteiger partial charge in [0.2, 0.25) is 0 Å². The van der Waals surface area contributed by atoms with Crippen LogP contribution in [0.4, 0.5) is 0 Å². The van der Waals surface area contributed by atoms with Crippen molar-refractivity contribution in [2.45, 2.75) is 20.0 Å². The molecule has 0 N–H and O–H groups in total. The van der Waals surface area contributed by atoms with Crippen LogP contribution >= 0.6 is 23.2 Å². The van der Waals surface area contributed by atoms with Gasteiger partial charge >= 0.3 is 0 Å². The normalized spacial score (nSPS) is 12.9. The number of aromatic nitrogens is 3. The molecule has 0 radical (unpaired) electrons. The zero-order chi connectivity index (χ0) is 27.0. The number of amides is 2. The highest BCUT2D eigenvalue weighted by Crippen LogP contribution is 2.29. The van der Waals surface area contributed by atoms with E-state index in [2.05, 4.69) is 10.2 Å². The number of halogens is 2. The predicted molar refractivity (Wildman–Crippen MR) is 144 cm³/mol. The Balaban J connectivity index is 1.63. The van der Waals surface area contributed by atoms with E-state index in [0.717, 1.165) is 11.4 Å². The number of ketones is 1. The molecule has 0 unspecified atom stereocenters. The smallest absolute Gasteiger partial charge is 0.261 e. The van der Waals surface area contributed by atoms with Crippen LogP contribution in [0.2, 0.25) is 10.0 Å². The minimum atomic E-state index is -0.407. The van der Waals surface area contributed by atoms with E-state index in [1.807, 2.05) is 18.9 Å². The Bertz CT molecular complexity index is 1550. The van der Waals surface area contributed by atoms with E-state index in [1.165, 1.54) is 0 Å². The number of benzene rings is 3. The van der Waals surface area contributed by atoms with E-state index < -0.39 is 11.8 Å². The van der Waals surface area contributed by atoms with Crippen molar-refractivity contribution < 1.29 is 14.4 Å². The van der Waals surface area contributed by atoms with Crippen molar-refractivity contribution in [2.75, 3.05) is 13.6 Å². The van der Waals surface area contributed by atoms with Gasteiger partial charge in [-0.1, -0.05) is 54.4 Å². The van der Waals surface area contributed by atoms with Crippen molar-refractivity contribution >= 4 is 40.8 Å². The minimum absolute atomic E-state index is 0.127. The lowest BCUT2D eigenvalue weighted by molar-refractivity contribution is 0.0637. The first-order chi connectivity index (χ1) is 18.3.